The number of aromatic amines is 2. The Kier molecular flexibility index (Phi) is 10.3. The SMILES string of the molecule is O=C(O)N[C@@H](C(=O)N1CCC[C@H]1c1ncc(-c2cnc(-c3ncc(-c4cnc([C@@H]5CCCN5C(=O)[C@H](NC(=O)O)c5ccccc5)[nH]4)s3)s2)[nH]1)c1ccccc1. The fraction of sp³-hybridized carbons (Fsp3) is 0.263. The van der Waals surface area contributed by atoms with Crippen LogP contribution in [0.5, 0.6) is 0 Å². The molecule has 6 N–H and O–H groups in total. The molecule has 2 fully saturated rings. The lowest BCUT2D eigenvalue weighted by Gasteiger charge is -2.28. The van der Waals surface area contributed by atoms with Crippen LogP contribution in [-0.2, 0) is 9.59 Å². The highest BCUT2D eigenvalue weighted by molar-refractivity contribution is 7.24. The molecule has 0 aliphatic carbocycles. The van der Waals surface area contributed by atoms with E-state index in [4.69, 9.17) is 0 Å². The minimum Gasteiger partial charge on any atom is -0.465 e. The average molecular weight is 793 g/mol. The molecule has 18 heteroatoms. The van der Waals surface area contributed by atoms with Crippen LogP contribution in [-0.4, -0.2) is 87.0 Å². The fourth-order valence-electron chi connectivity index (χ4n) is 7.33. The Morgan fingerprint density at radius 3 is 1.43 bits per heavy atom. The van der Waals surface area contributed by atoms with E-state index in [0.29, 0.717) is 58.7 Å². The van der Waals surface area contributed by atoms with Crippen molar-refractivity contribution in [1.29, 1.82) is 0 Å². The molecule has 8 rings (SSSR count). The van der Waals surface area contributed by atoms with E-state index in [1.165, 1.54) is 22.7 Å². The van der Waals surface area contributed by atoms with Crippen LogP contribution in [0, 0.1) is 0 Å². The van der Waals surface area contributed by atoms with Gasteiger partial charge in [0.2, 0.25) is 0 Å². The number of carbonyl (C=O) groups excluding carboxylic acids is 2. The number of carbonyl (C=O) groups is 4. The van der Waals surface area contributed by atoms with Gasteiger partial charge in [-0.1, -0.05) is 60.7 Å². The minimum absolute atomic E-state index is 0.332. The van der Waals surface area contributed by atoms with Crippen molar-refractivity contribution in [3.8, 4) is 31.2 Å². The zero-order valence-electron chi connectivity index (χ0n) is 29.7. The molecule has 286 valence electrons. The lowest BCUT2D eigenvalue weighted by molar-refractivity contribution is -0.135. The molecule has 0 spiro atoms. The summed E-state index contributed by atoms with van der Waals surface area (Å²) in [6.45, 7) is 0.963. The van der Waals surface area contributed by atoms with Gasteiger partial charge >= 0.3 is 12.2 Å². The van der Waals surface area contributed by atoms with Gasteiger partial charge in [0.25, 0.3) is 11.8 Å². The van der Waals surface area contributed by atoms with Crippen molar-refractivity contribution < 1.29 is 29.4 Å². The third-order valence-electron chi connectivity index (χ3n) is 9.91. The van der Waals surface area contributed by atoms with Gasteiger partial charge in [0.15, 0.2) is 10.0 Å². The van der Waals surface area contributed by atoms with Gasteiger partial charge in [-0.25, -0.2) is 29.5 Å². The summed E-state index contributed by atoms with van der Waals surface area (Å²) in [6, 6.07) is 14.9. The molecule has 4 aromatic heterocycles. The standard InChI is InChI=1S/C38H36N10O6S2/c49-35(29(45-37(51)52)21-9-3-1-4-10-21)47-15-7-13-25(47)31-39-17-23(43-31)27-19-41-33(55-27)34-42-20-28(56-34)24-18-40-32(44-24)26-14-8-16-48(26)36(50)30(46-38(53)54)22-11-5-2-6-12-22/h1-6,9-12,17-20,25-26,29-30,45-46H,7-8,13-16H2,(H,39,43)(H,40,44)(H,51,52)(H,53,54)/t25-,26-,29+,30+/m0/s1. The Balaban J connectivity index is 0.954. The molecule has 4 atom stereocenters. The number of H-pyrrole nitrogens is 2. The number of nitrogens with zero attached hydrogens (tertiary/aromatic N) is 6. The summed E-state index contributed by atoms with van der Waals surface area (Å²) < 4.78 is 0. The van der Waals surface area contributed by atoms with E-state index in [1.54, 1.807) is 83.1 Å². The van der Waals surface area contributed by atoms with Crippen LogP contribution in [0.4, 0.5) is 9.59 Å². The lowest BCUT2D eigenvalue weighted by Crippen LogP contribution is -2.42. The third-order valence-corrected chi connectivity index (χ3v) is 12.1. The molecule has 6 aromatic rings. The van der Waals surface area contributed by atoms with Crippen molar-refractivity contribution in [2.45, 2.75) is 49.9 Å². The molecule has 2 aromatic carbocycles. The van der Waals surface area contributed by atoms with Crippen molar-refractivity contribution in [2.75, 3.05) is 13.1 Å². The van der Waals surface area contributed by atoms with Gasteiger partial charge in [-0.15, -0.1) is 22.7 Å². The number of amides is 4. The molecule has 0 radical (unpaired) electrons. The van der Waals surface area contributed by atoms with Crippen molar-refractivity contribution in [1.82, 2.24) is 50.3 Å². The van der Waals surface area contributed by atoms with Crippen LogP contribution in [0.2, 0.25) is 0 Å². The highest BCUT2D eigenvalue weighted by Gasteiger charge is 2.38. The number of hydrogen-bond acceptors (Lipinski definition) is 10. The molecule has 0 saturated carbocycles. The number of nitrogens with one attached hydrogen (secondary N) is 4. The molecule has 56 heavy (non-hydrogen) atoms. The molecular weight excluding hydrogens is 757 g/mol. The molecule has 6 heterocycles. The maximum atomic E-state index is 13.7. The van der Waals surface area contributed by atoms with Crippen LogP contribution < -0.4 is 10.6 Å². The highest BCUT2D eigenvalue weighted by atomic mass is 32.1. The summed E-state index contributed by atoms with van der Waals surface area (Å²) in [6.07, 6.45) is 7.26. The van der Waals surface area contributed by atoms with Crippen LogP contribution in [0.15, 0.2) is 85.5 Å². The van der Waals surface area contributed by atoms with Gasteiger partial charge < -0.3 is 40.6 Å². The Morgan fingerprint density at radius 1 is 0.625 bits per heavy atom. The van der Waals surface area contributed by atoms with Crippen molar-refractivity contribution >= 4 is 46.7 Å². The Morgan fingerprint density at radius 2 is 1.04 bits per heavy atom. The number of likely N-dealkylation sites (tertiary alicyclic amines) is 2. The summed E-state index contributed by atoms with van der Waals surface area (Å²) in [4.78, 5) is 81.0. The van der Waals surface area contributed by atoms with Crippen LogP contribution in [0.1, 0.15) is 72.6 Å². The van der Waals surface area contributed by atoms with Crippen molar-refractivity contribution in [3.05, 3.63) is 108 Å². The number of hydrogen-bond donors (Lipinski definition) is 6. The van der Waals surface area contributed by atoms with E-state index in [1.807, 2.05) is 12.1 Å². The van der Waals surface area contributed by atoms with Crippen molar-refractivity contribution in [3.63, 3.8) is 0 Å². The first-order chi connectivity index (χ1) is 27.2. The number of rotatable bonds is 11. The van der Waals surface area contributed by atoms with Crippen molar-refractivity contribution in [2.24, 2.45) is 0 Å². The quantitative estimate of drug-likeness (QED) is 0.0848. The number of thiazole rings is 2. The zero-order chi connectivity index (χ0) is 38.8. The third kappa shape index (κ3) is 7.47. The highest BCUT2D eigenvalue weighted by Crippen LogP contribution is 2.39. The second kappa shape index (κ2) is 15.8. The number of benzene rings is 2. The molecule has 2 aliphatic rings. The van der Waals surface area contributed by atoms with Crippen LogP contribution >= 0.6 is 22.7 Å². The Labute approximate surface area is 327 Å². The van der Waals surface area contributed by atoms with Crippen LogP contribution in [0.3, 0.4) is 0 Å². The van der Waals surface area contributed by atoms with E-state index < -0.39 is 24.3 Å². The predicted octanol–water partition coefficient (Wildman–Crippen LogP) is 6.39. The smallest absolute Gasteiger partial charge is 0.405 e. The maximum Gasteiger partial charge on any atom is 0.405 e. The van der Waals surface area contributed by atoms with E-state index in [0.717, 1.165) is 34.0 Å². The largest absolute Gasteiger partial charge is 0.465 e. The van der Waals surface area contributed by atoms with Gasteiger partial charge in [-0.05, 0) is 36.8 Å². The number of carboxylic acid groups (broad SMARTS) is 2. The fourth-order valence-corrected chi connectivity index (χ4v) is 9.13. The second-order valence-electron chi connectivity index (χ2n) is 13.4. The minimum atomic E-state index is -1.28. The molecular formula is C38H36N10O6S2. The monoisotopic (exact) mass is 792 g/mol. The first kappa shape index (κ1) is 36.6. The van der Waals surface area contributed by atoms with E-state index >= 15 is 0 Å². The first-order valence-corrected chi connectivity index (χ1v) is 19.6. The van der Waals surface area contributed by atoms with Gasteiger partial charge in [0, 0.05) is 25.5 Å². The van der Waals surface area contributed by atoms with E-state index in [-0.39, 0.29) is 23.9 Å². The second-order valence-corrected chi connectivity index (χ2v) is 15.5. The van der Waals surface area contributed by atoms with E-state index in [9.17, 15) is 29.4 Å². The van der Waals surface area contributed by atoms with Gasteiger partial charge in [-0.2, -0.15) is 0 Å². The first-order valence-electron chi connectivity index (χ1n) is 18.0. The predicted molar refractivity (Wildman–Crippen MR) is 206 cm³/mol. The number of aromatic nitrogens is 6. The summed E-state index contributed by atoms with van der Waals surface area (Å²) in [5, 5.41) is 25.2. The average Bonchev–Trinajstić information content (AvgIpc) is 4.06. The Bertz CT molecular complexity index is 2200. The Hall–Kier alpha value is -6.40. The summed E-state index contributed by atoms with van der Waals surface area (Å²) in [5.74, 6) is 0.570. The molecule has 0 bridgehead atoms. The lowest BCUT2D eigenvalue weighted by atomic mass is 10.1. The number of imidazole rings is 2. The van der Waals surface area contributed by atoms with Crippen LogP contribution in [0.25, 0.3) is 31.2 Å². The molecule has 16 nitrogen and oxygen atoms in total. The molecule has 2 saturated heterocycles. The maximum absolute atomic E-state index is 13.7. The summed E-state index contributed by atoms with van der Waals surface area (Å²) in [7, 11) is 0. The topological polar surface area (TPSA) is 222 Å². The normalized spacial score (nSPS) is 17.8. The van der Waals surface area contributed by atoms with Gasteiger partial charge in [0.05, 0.1) is 45.6 Å². The molecule has 0 unspecified atom stereocenters. The summed E-state index contributed by atoms with van der Waals surface area (Å²) in [5.41, 5.74) is 2.62. The van der Waals surface area contributed by atoms with Gasteiger partial charge in [0.1, 0.15) is 23.7 Å². The molecule has 4 amide bonds. The van der Waals surface area contributed by atoms with Gasteiger partial charge in [-0.3, -0.25) is 9.59 Å². The zero-order valence-corrected chi connectivity index (χ0v) is 31.3. The van der Waals surface area contributed by atoms with E-state index in [2.05, 4.69) is 40.5 Å². The molecule has 2 aliphatic heterocycles. The summed E-state index contributed by atoms with van der Waals surface area (Å²) >= 11 is 2.89.